The first kappa shape index (κ1) is 22.1. The molecule has 3 aromatic rings. The summed E-state index contributed by atoms with van der Waals surface area (Å²) in [5.41, 5.74) is 1.95. The molecule has 0 saturated heterocycles. The zero-order valence-corrected chi connectivity index (χ0v) is 17.5. The van der Waals surface area contributed by atoms with Crippen LogP contribution in [0.25, 0.3) is 10.9 Å². The van der Waals surface area contributed by atoms with Crippen LogP contribution in [0.3, 0.4) is 0 Å². The van der Waals surface area contributed by atoms with E-state index in [2.05, 4.69) is 38.7 Å². The smallest absolute Gasteiger partial charge is 0.266 e. The number of nitrogens with zero attached hydrogens (tertiary/aromatic N) is 4. The molecular weight excluding hydrogens is 403 g/mol. The maximum absolute atomic E-state index is 14.4. The summed E-state index contributed by atoms with van der Waals surface area (Å²) >= 11 is 0. The number of alkyl halides is 2. The van der Waals surface area contributed by atoms with Gasteiger partial charge in [0.2, 0.25) is 0 Å². The van der Waals surface area contributed by atoms with Gasteiger partial charge in [0.05, 0.1) is 30.4 Å². The Morgan fingerprint density at radius 1 is 1.35 bits per heavy atom. The lowest BCUT2D eigenvalue weighted by molar-refractivity contribution is 0.146. The van der Waals surface area contributed by atoms with Gasteiger partial charge in [-0.2, -0.15) is 0 Å². The van der Waals surface area contributed by atoms with Gasteiger partial charge in [0.15, 0.2) is 5.49 Å². The first-order valence-electron chi connectivity index (χ1n) is 9.55. The molecule has 160 valence electrons. The molecule has 0 atom stereocenters. The van der Waals surface area contributed by atoms with Crippen molar-refractivity contribution in [2.75, 3.05) is 6.54 Å². The largest absolute Gasteiger partial charge is 0.378 e. The molecule has 0 aliphatic heterocycles. The van der Waals surface area contributed by atoms with E-state index in [0.717, 1.165) is 17.3 Å². The summed E-state index contributed by atoms with van der Waals surface area (Å²) in [6.07, 6.45) is -1.21. The van der Waals surface area contributed by atoms with Crippen LogP contribution < -0.4 is 10.8 Å². The maximum Gasteiger partial charge on any atom is 0.266 e. The Morgan fingerprint density at radius 3 is 2.84 bits per heavy atom. The van der Waals surface area contributed by atoms with Crippen molar-refractivity contribution in [3.8, 4) is 11.8 Å². The number of benzene rings is 1. The number of aryl methyl sites for hydroxylation is 2. The summed E-state index contributed by atoms with van der Waals surface area (Å²) in [5, 5.41) is 3.70. The van der Waals surface area contributed by atoms with Gasteiger partial charge in [-0.25, -0.2) is 23.1 Å². The summed E-state index contributed by atoms with van der Waals surface area (Å²) in [6, 6.07) is 5.67. The molecule has 31 heavy (non-hydrogen) atoms. The van der Waals surface area contributed by atoms with E-state index in [9.17, 15) is 13.2 Å². The summed E-state index contributed by atoms with van der Waals surface area (Å²) in [4.78, 5) is 13.3. The Labute approximate surface area is 178 Å². The summed E-state index contributed by atoms with van der Waals surface area (Å²) < 4.78 is 42.2. The van der Waals surface area contributed by atoms with Gasteiger partial charge in [-0.1, -0.05) is 30.7 Å². The number of halogens is 3. The van der Waals surface area contributed by atoms with Crippen molar-refractivity contribution in [1.29, 1.82) is 0 Å². The van der Waals surface area contributed by atoms with Crippen LogP contribution in [-0.2, 0) is 13.6 Å². The van der Waals surface area contributed by atoms with Gasteiger partial charge in [0.25, 0.3) is 6.43 Å². The number of hydrogen-bond acceptors (Lipinski definition) is 4. The summed E-state index contributed by atoms with van der Waals surface area (Å²) in [7, 11) is 1.85. The molecule has 0 spiro atoms. The highest BCUT2D eigenvalue weighted by Gasteiger charge is 2.15. The molecule has 2 aromatic heterocycles. The van der Waals surface area contributed by atoms with E-state index in [0.29, 0.717) is 28.9 Å². The fourth-order valence-electron chi connectivity index (χ4n) is 2.93. The van der Waals surface area contributed by atoms with Crippen molar-refractivity contribution in [1.82, 2.24) is 19.9 Å². The van der Waals surface area contributed by atoms with Gasteiger partial charge < -0.3 is 9.88 Å². The quantitative estimate of drug-likeness (QED) is 0.631. The summed E-state index contributed by atoms with van der Waals surface area (Å²) in [5.74, 6) is 5.67. The molecule has 0 aliphatic rings. The molecule has 0 amide bonds. The van der Waals surface area contributed by atoms with Gasteiger partial charge in [0.1, 0.15) is 17.3 Å². The van der Waals surface area contributed by atoms with Crippen molar-refractivity contribution in [3.05, 3.63) is 76.7 Å². The number of rotatable bonds is 5. The standard InChI is InChI=1S/C23H22F3N5/c1-14(2)27-10-6-8-17-11-19-20(13-28-17)31(4)15(3)30-23(19)29-12-16-7-5-9-18(21(16)24)22(25)26/h5,7,9,11,13,22,27H,1,10,12H2,2-4H3/b29-23-. The van der Waals surface area contributed by atoms with E-state index in [-0.39, 0.29) is 12.1 Å². The second-order valence-corrected chi connectivity index (χ2v) is 7.00. The monoisotopic (exact) mass is 425 g/mol. The molecule has 0 fully saturated rings. The van der Waals surface area contributed by atoms with E-state index in [4.69, 9.17) is 0 Å². The first-order valence-corrected chi connectivity index (χ1v) is 9.55. The first-order chi connectivity index (χ1) is 14.8. The molecule has 3 rings (SSSR count). The lowest BCUT2D eigenvalue weighted by Crippen LogP contribution is -2.17. The van der Waals surface area contributed by atoms with Gasteiger partial charge in [-0.05, 0) is 25.8 Å². The average molecular weight is 425 g/mol. The van der Waals surface area contributed by atoms with Gasteiger partial charge in [0, 0.05) is 23.7 Å². The Kier molecular flexibility index (Phi) is 6.75. The van der Waals surface area contributed by atoms with Crippen LogP contribution in [0.4, 0.5) is 13.2 Å². The third-order valence-corrected chi connectivity index (χ3v) is 4.68. The Morgan fingerprint density at radius 2 is 2.13 bits per heavy atom. The van der Waals surface area contributed by atoms with Crippen LogP contribution in [0.2, 0.25) is 0 Å². The lowest BCUT2D eigenvalue weighted by Gasteiger charge is -2.09. The third kappa shape index (κ3) is 5.12. The second-order valence-electron chi connectivity index (χ2n) is 7.00. The van der Waals surface area contributed by atoms with Crippen LogP contribution >= 0.6 is 0 Å². The van der Waals surface area contributed by atoms with E-state index >= 15 is 0 Å². The molecule has 1 N–H and O–H groups in total. The molecule has 5 nitrogen and oxygen atoms in total. The normalized spacial score (nSPS) is 11.5. The predicted octanol–water partition coefficient (Wildman–Crippen LogP) is 3.93. The molecule has 8 heteroatoms. The second kappa shape index (κ2) is 9.47. The van der Waals surface area contributed by atoms with Gasteiger partial charge in [-0.3, -0.25) is 4.99 Å². The highest BCUT2D eigenvalue weighted by Crippen LogP contribution is 2.24. The van der Waals surface area contributed by atoms with Crippen LogP contribution in [-0.4, -0.2) is 21.1 Å². The number of nitrogens with one attached hydrogen (secondary N) is 1. The SMILES string of the molecule is C=C(C)NCC#Cc1cc2/c(=N/Cc3cccc(C(F)F)c3F)nc(C)n(C)c2cn1. The van der Waals surface area contributed by atoms with E-state index in [1.165, 1.54) is 12.1 Å². The molecule has 0 radical (unpaired) electrons. The molecule has 0 unspecified atom stereocenters. The maximum atomic E-state index is 14.4. The number of pyridine rings is 1. The van der Waals surface area contributed by atoms with Crippen LogP contribution in [0.5, 0.6) is 0 Å². The number of aromatic nitrogens is 3. The van der Waals surface area contributed by atoms with Crippen LogP contribution in [0.1, 0.15) is 36.0 Å². The number of allylic oxidation sites excluding steroid dienone is 1. The minimum atomic E-state index is -2.89. The van der Waals surface area contributed by atoms with Crippen molar-refractivity contribution in [2.45, 2.75) is 26.8 Å². The van der Waals surface area contributed by atoms with Crippen LogP contribution in [0, 0.1) is 24.6 Å². The topological polar surface area (TPSA) is 55.1 Å². The van der Waals surface area contributed by atoms with Gasteiger partial charge >= 0.3 is 0 Å². The Bertz CT molecular complexity index is 1270. The molecular formula is C23H22F3N5. The molecule has 0 aliphatic carbocycles. The highest BCUT2D eigenvalue weighted by atomic mass is 19.3. The minimum absolute atomic E-state index is 0.0820. The molecule has 1 aromatic carbocycles. The summed E-state index contributed by atoms with van der Waals surface area (Å²) in [6.45, 7) is 7.73. The Balaban J connectivity index is 2.05. The van der Waals surface area contributed by atoms with Crippen molar-refractivity contribution >= 4 is 10.9 Å². The number of hydrogen-bond donors (Lipinski definition) is 1. The van der Waals surface area contributed by atoms with Crippen molar-refractivity contribution < 1.29 is 13.2 Å². The molecule has 2 heterocycles. The number of fused-ring (bicyclic) bond motifs is 1. The average Bonchev–Trinajstić information content (AvgIpc) is 2.73. The third-order valence-electron chi connectivity index (χ3n) is 4.68. The van der Waals surface area contributed by atoms with Gasteiger partial charge in [-0.15, -0.1) is 0 Å². The highest BCUT2D eigenvalue weighted by molar-refractivity contribution is 5.78. The Hall–Kier alpha value is -3.60. The fraction of sp³-hybridized carbons (Fsp3) is 0.261. The zero-order valence-electron chi connectivity index (χ0n) is 17.5. The lowest BCUT2D eigenvalue weighted by atomic mass is 10.1. The zero-order chi connectivity index (χ0) is 22.5. The molecule has 0 bridgehead atoms. The van der Waals surface area contributed by atoms with Crippen molar-refractivity contribution in [3.63, 3.8) is 0 Å². The van der Waals surface area contributed by atoms with E-state index < -0.39 is 17.8 Å². The van der Waals surface area contributed by atoms with E-state index in [1.54, 1.807) is 12.3 Å². The fourth-order valence-corrected chi connectivity index (χ4v) is 2.93. The van der Waals surface area contributed by atoms with Crippen LogP contribution in [0.15, 0.2) is 47.7 Å². The predicted molar refractivity (Wildman–Crippen MR) is 114 cm³/mol. The minimum Gasteiger partial charge on any atom is -0.378 e. The molecule has 0 saturated carbocycles. The van der Waals surface area contributed by atoms with Crippen molar-refractivity contribution in [2.24, 2.45) is 12.0 Å². The van der Waals surface area contributed by atoms with E-state index in [1.807, 2.05) is 25.5 Å².